The van der Waals surface area contributed by atoms with Crippen LogP contribution in [0.5, 0.6) is 23.0 Å². The Morgan fingerprint density at radius 2 is 1.68 bits per heavy atom. The van der Waals surface area contributed by atoms with Crippen LogP contribution >= 0.6 is 0 Å². The van der Waals surface area contributed by atoms with Crippen LogP contribution in [0.3, 0.4) is 0 Å². The number of hydrogen-bond acceptors (Lipinski definition) is 7. The Morgan fingerprint density at radius 1 is 0.968 bits per heavy atom. The number of hydrogen-bond donors (Lipinski definition) is 0. The molecule has 0 atom stereocenters. The Labute approximate surface area is 178 Å². The molecule has 7 nitrogen and oxygen atoms in total. The lowest BCUT2D eigenvalue weighted by atomic mass is 10.1. The third kappa shape index (κ3) is 3.90. The number of carbonyl (C=O) groups is 2. The second kappa shape index (κ2) is 8.02. The Morgan fingerprint density at radius 3 is 2.29 bits per heavy atom. The first kappa shape index (κ1) is 20.3. The lowest BCUT2D eigenvalue weighted by Gasteiger charge is -2.11. The van der Waals surface area contributed by atoms with Crippen LogP contribution in [0.15, 0.2) is 52.6 Å². The summed E-state index contributed by atoms with van der Waals surface area (Å²) < 4.78 is 27.2. The van der Waals surface area contributed by atoms with Gasteiger partial charge < -0.3 is 23.4 Å². The number of ether oxygens (including phenoxy) is 4. The predicted molar refractivity (Wildman–Crippen MR) is 112 cm³/mol. The van der Waals surface area contributed by atoms with E-state index in [1.807, 2.05) is 6.92 Å². The smallest absolute Gasteiger partial charge is 0.343 e. The lowest BCUT2D eigenvalue weighted by Crippen LogP contribution is -2.10. The van der Waals surface area contributed by atoms with E-state index in [1.165, 1.54) is 14.2 Å². The Balaban J connectivity index is 1.61. The molecule has 0 spiro atoms. The van der Waals surface area contributed by atoms with Gasteiger partial charge in [0.2, 0.25) is 5.78 Å². The predicted octanol–water partition coefficient (Wildman–Crippen LogP) is 4.75. The number of ketones is 1. The maximum Gasteiger partial charge on any atom is 0.343 e. The maximum atomic E-state index is 12.7. The van der Waals surface area contributed by atoms with Crippen molar-refractivity contribution in [1.82, 2.24) is 0 Å². The molecule has 0 unspecified atom stereocenters. The number of benzene rings is 2. The summed E-state index contributed by atoms with van der Waals surface area (Å²) in [5, 5.41) is 0. The Kier molecular flexibility index (Phi) is 5.25. The molecule has 3 aromatic rings. The Hall–Kier alpha value is -4.00. The average molecular weight is 420 g/mol. The molecule has 0 bridgehead atoms. The first-order valence-corrected chi connectivity index (χ1v) is 9.49. The first-order chi connectivity index (χ1) is 14.9. The number of Topliss-reactive ketones (excluding diaryl/α,β-unsaturated/α-hetero) is 1. The summed E-state index contributed by atoms with van der Waals surface area (Å²) in [5.41, 5.74) is 1.20. The fraction of sp³-hybridized carbons (Fsp3) is 0.167. The lowest BCUT2D eigenvalue weighted by molar-refractivity contribution is 0.0732. The van der Waals surface area contributed by atoms with Gasteiger partial charge in [0.1, 0.15) is 34.5 Å². The molecule has 4 rings (SSSR count). The fourth-order valence-corrected chi connectivity index (χ4v) is 3.22. The van der Waals surface area contributed by atoms with Gasteiger partial charge in [-0.2, -0.15) is 0 Å². The molecule has 0 N–H and O–H groups in total. The highest BCUT2D eigenvalue weighted by molar-refractivity contribution is 6.14. The molecule has 31 heavy (non-hydrogen) atoms. The number of carbonyl (C=O) groups excluding carboxylic acids is 2. The topological polar surface area (TPSA) is 84.2 Å². The summed E-state index contributed by atoms with van der Waals surface area (Å²) in [7, 11) is 3.00. The van der Waals surface area contributed by atoms with Crippen LogP contribution in [0, 0.1) is 13.8 Å². The molecule has 158 valence electrons. The molecule has 0 aliphatic carbocycles. The van der Waals surface area contributed by atoms with Crippen molar-refractivity contribution in [2.45, 2.75) is 13.8 Å². The van der Waals surface area contributed by atoms with E-state index in [0.29, 0.717) is 34.1 Å². The zero-order valence-electron chi connectivity index (χ0n) is 17.5. The normalized spacial score (nSPS) is 13.7. The molecule has 0 saturated carbocycles. The molecular weight excluding hydrogens is 400 g/mol. The number of fused-ring (bicyclic) bond motifs is 1. The van der Waals surface area contributed by atoms with Crippen molar-refractivity contribution in [2.24, 2.45) is 0 Å². The summed E-state index contributed by atoms with van der Waals surface area (Å²) in [6.45, 7) is 3.54. The third-order valence-corrected chi connectivity index (χ3v) is 4.86. The molecule has 0 amide bonds. The Bertz CT molecular complexity index is 1190. The minimum absolute atomic E-state index is 0.147. The van der Waals surface area contributed by atoms with Crippen molar-refractivity contribution < 1.29 is 33.0 Å². The molecule has 0 fully saturated rings. The van der Waals surface area contributed by atoms with Gasteiger partial charge in [0.15, 0.2) is 5.76 Å². The quantitative estimate of drug-likeness (QED) is 0.335. The number of esters is 1. The van der Waals surface area contributed by atoms with Crippen LogP contribution in [-0.4, -0.2) is 26.0 Å². The van der Waals surface area contributed by atoms with Crippen molar-refractivity contribution in [3.8, 4) is 23.0 Å². The minimum atomic E-state index is -0.591. The van der Waals surface area contributed by atoms with Crippen LogP contribution in [-0.2, 0) is 0 Å². The van der Waals surface area contributed by atoms with Gasteiger partial charge in [-0.15, -0.1) is 0 Å². The monoisotopic (exact) mass is 420 g/mol. The van der Waals surface area contributed by atoms with Crippen molar-refractivity contribution in [3.05, 3.63) is 76.4 Å². The van der Waals surface area contributed by atoms with E-state index >= 15 is 0 Å². The minimum Gasteiger partial charge on any atom is -0.497 e. The molecule has 0 saturated heterocycles. The van der Waals surface area contributed by atoms with E-state index < -0.39 is 5.97 Å². The van der Waals surface area contributed by atoms with Crippen LogP contribution in [0.1, 0.15) is 37.8 Å². The molecule has 2 aromatic carbocycles. The number of rotatable bonds is 5. The molecule has 7 heteroatoms. The fourth-order valence-electron chi connectivity index (χ4n) is 3.22. The standard InChI is InChI=1S/C24H20O7/c1-13-5-6-16(29-13)12-21-22(25)19-7-8-20(14(2)23(19)30-21)31-24(26)15-9-17(27-3)11-18(10-15)28-4/h5-12H,1-4H3/b21-12-. The highest BCUT2D eigenvalue weighted by atomic mass is 16.5. The first-order valence-electron chi connectivity index (χ1n) is 9.49. The van der Waals surface area contributed by atoms with Gasteiger partial charge >= 0.3 is 5.97 Å². The zero-order valence-corrected chi connectivity index (χ0v) is 17.5. The van der Waals surface area contributed by atoms with E-state index in [2.05, 4.69) is 0 Å². The number of furan rings is 1. The van der Waals surface area contributed by atoms with E-state index in [9.17, 15) is 9.59 Å². The molecule has 0 radical (unpaired) electrons. The summed E-state index contributed by atoms with van der Waals surface area (Å²) in [5.74, 6) is 2.12. The second-order valence-electron chi connectivity index (χ2n) is 6.94. The highest BCUT2D eigenvalue weighted by Crippen LogP contribution is 2.39. The zero-order chi connectivity index (χ0) is 22.1. The van der Waals surface area contributed by atoms with Gasteiger partial charge in [0.05, 0.1) is 25.3 Å². The number of methoxy groups -OCH3 is 2. The summed E-state index contributed by atoms with van der Waals surface area (Å²) in [6, 6.07) is 11.5. The van der Waals surface area contributed by atoms with E-state index in [4.69, 9.17) is 23.4 Å². The van der Waals surface area contributed by atoms with Crippen molar-refractivity contribution in [1.29, 1.82) is 0 Å². The van der Waals surface area contributed by atoms with Crippen molar-refractivity contribution in [3.63, 3.8) is 0 Å². The van der Waals surface area contributed by atoms with E-state index in [-0.39, 0.29) is 22.9 Å². The summed E-state index contributed by atoms with van der Waals surface area (Å²) >= 11 is 0. The second-order valence-corrected chi connectivity index (χ2v) is 6.94. The summed E-state index contributed by atoms with van der Waals surface area (Å²) in [4.78, 5) is 25.4. The summed E-state index contributed by atoms with van der Waals surface area (Å²) in [6.07, 6.45) is 1.54. The van der Waals surface area contributed by atoms with Crippen molar-refractivity contribution in [2.75, 3.05) is 14.2 Å². The SMILES string of the molecule is COc1cc(OC)cc(C(=O)Oc2ccc3c(c2C)O/C(=C\c2ccc(C)o2)C3=O)c1. The van der Waals surface area contributed by atoms with Gasteiger partial charge in [-0.1, -0.05) is 0 Å². The van der Waals surface area contributed by atoms with Crippen LogP contribution in [0.4, 0.5) is 0 Å². The van der Waals surface area contributed by atoms with Crippen LogP contribution in [0.2, 0.25) is 0 Å². The molecule has 1 aliphatic heterocycles. The molecule has 2 heterocycles. The van der Waals surface area contributed by atoms with Crippen LogP contribution < -0.4 is 18.9 Å². The van der Waals surface area contributed by atoms with Crippen LogP contribution in [0.25, 0.3) is 6.08 Å². The van der Waals surface area contributed by atoms with Crippen molar-refractivity contribution >= 4 is 17.8 Å². The van der Waals surface area contributed by atoms with Gasteiger partial charge in [-0.3, -0.25) is 4.79 Å². The van der Waals surface area contributed by atoms with E-state index in [0.717, 1.165) is 5.76 Å². The largest absolute Gasteiger partial charge is 0.497 e. The van der Waals surface area contributed by atoms with Gasteiger partial charge in [-0.25, -0.2) is 4.79 Å². The third-order valence-electron chi connectivity index (χ3n) is 4.86. The highest BCUT2D eigenvalue weighted by Gasteiger charge is 2.31. The van der Waals surface area contributed by atoms with E-state index in [1.54, 1.807) is 55.5 Å². The number of aryl methyl sites for hydroxylation is 1. The number of allylic oxidation sites excluding steroid dienone is 1. The average Bonchev–Trinajstić information content (AvgIpc) is 3.33. The molecule has 1 aromatic heterocycles. The van der Waals surface area contributed by atoms with Gasteiger partial charge in [0.25, 0.3) is 0 Å². The van der Waals surface area contributed by atoms with Gasteiger partial charge in [0, 0.05) is 17.7 Å². The molecule has 1 aliphatic rings. The molecular formula is C24H20O7. The van der Waals surface area contributed by atoms with Gasteiger partial charge in [-0.05, 0) is 50.2 Å². The maximum absolute atomic E-state index is 12.7.